The van der Waals surface area contributed by atoms with Crippen LogP contribution in [0.5, 0.6) is 0 Å². The van der Waals surface area contributed by atoms with Gasteiger partial charge in [-0.25, -0.2) is 4.39 Å². The highest BCUT2D eigenvalue weighted by Gasteiger charge is 2.32. The number of hydrogen-bond donors (Lipinski definition) is 0. The van der Waals surface area contributed by atoms with Gasteiger partial charge in [0.2, 0.25) is 11.8 Å². The molecular weight excluding hydrogens is 359 g/mol. The molecule has 1 aromatic carbocycles. The Hall–Kier alpha value is -2.28. The van der Waals surface area contributed by atoms with Gasteiger partial charge in [-0.2, -0.15) is 4.98 Å². The molecule has 1 atom stereocenters. The van der Waals surface area contributed by atoms with Crippen molar-refractivity contribution in [3.05, 3.63) is 47.4 Å². The van der Waals surface area contributed by atoms with Gasteiger partial charge in [0.15, 0.2) is 5.82 Å². The molecule has 1 aromatic heterocycles. The van der Waals surface area contributed by atoms with E-state index in [4.69, 9.17) is 4.52 Å². The van der Waals surface area contributed by atoms with E-state index in [0.717, 1.165) is 12.1 Å². The smallest absolute Gasteiger partial charge is 0.229 e. The quantitative estimate of drug-likeness (QED) is 0.757. The van der Waals surface area contributed by atoms with Gasteiger partial charge in [0.05, 0.1) is 6.54 Å². The Morgan fingerprint density at radius 2 is 1.89 bits per heavy atom. The minimum atomic E-state index is -0.265. The molecule has 1 saturated heterocycles. The Kier molecular flexibility index (Phi) is 6.44. The fraction of sp³-hybridized carbons (Fsp3) is 0.571. The first-order chi connectivity index (χ1) is 13.3. The van der Waals surface area contributed by atoms with Crippen LogP contribution in [0.1, 0.15) is 57.3 Å². The molecule has 2 aromatic rings. The average molecular weight is 388 g/mol. The normalized spacial score (nSPS) is 18.9. The van der Waals surface area contributed by atoms with Crippen molar-refractivity contribution < 1.29 is 13.7 Å². The van der Waals surface area contributed by atoms with Crippen LogP contribution < -0.4 is 0 Å². The molecule has 1 aliphatic rings. The van der Waals surface area contributed by atoms with E-state index in [0.29, 0.717) is 43.7 Å². The number of carbonyl (C=O) groups is 1. The van der Waals surface area contributed by atoms with E-state index in [1.165, 1.54) is 12.1 Å². The van der Waals surface area contributed by atoms with Crippen molar-refractivity contribution in [2.24, 2.45) is 5.92 Å². The number of nitrogens with zero attached hydrogens (tertiary/aromatic N) is 4. The van der Waals surface area contributed by atoms with Gasteiger partial charge in [-0.1, -0.05) is 45.0 Å². The summed E-state index contributed by atoms with van der Waals surface area (Å²) in [6, 6.07) is 6.44. The molecular formula is C21H29FN4O2. The van der Waals surface area contributed by atoms with Gasteiger partial charge in [0.1, 0.15) is 5.82 Å². The summed E-state index contributed by atoms with van der Waals surface area (Å²) in [7, 11) is 0. The van der Waals surface area contributed by atoms with Crippen molar-refractivity contribution >= 4 is 5.91 Å². The summed E-state index contributed by atoms with van der Waals surface area (Å²) >= 11 is 0. The molecule has 0 bridgehead atoms. The summed E-state index contributed by atoms with van der Waals surface area (Å²) in [4.78, 5) is 21.5. The molecule has 0 N–H and O–H groups in total. The summed E-state index contributed by atoms with van der Waals surface area (Å²) in [5.41, 5.74) is 0.939. The lowest BCUT2D eigenvalue weighted by Crippen LogP contribution is -2.45. The molecule has 7 heteroatoms. The first kappa shape index (κ1) is 20.5. The van der Waals surface area contributed by atoms with Gasteiger partial charge in [-0.3, -0.25) is 9.69 Å². The molecule has 0 radical (unpaired) electrons. The zero-order valence-corrected chi connectivity index (χ0v) is 17.1. The van der Waals surface area contributed by atoms with Crippen molar-refractivity contribution in [1.82, 2.24) is 19.9 Å². The van der Waals surface area contributed by atoms with Gasteiger partial charge >= 0.3 is 0 Å². The average Bonchev–Trinajstić information content (AvgIpc) is 3.06. The van der Waals surface area contributed by atoms with E-state index in [-0.39, 0.29) is 23.7 Å². The molecule has 1 amide bonds. The van der Waals surface area contributed by atoms with Crippen LogP contribution in [0.2, 0.25) is 0 Å². The van der Waals surface area contributed by atoms with Crippen LogP contribution in [-0.4, -0.2) is 45.0 Å². The third kappa shape index (κ3) is 4.95. The predicted octanol–water partition coefficient (Wildman–Crippen LogP) is 3.59. The van der Waals surface area contributed by atoms with Crippen molar-refractivity contribution in [2.45, 2.75) is 59.2 Å². The largest absolute Gasteiger partial charge is 0.339 e. The molecule has 0 spiro atoms. The summed E-state index contributed by atoms with van der Waals surface area (Å²) in [6.07, 6.45) is 0.444. The van der Waals surface area contributed by atoms with E-state index in [2.05, 4.69) is 28.9 Å². The molecule has 152 valence electrons. The fourth-order valence-electron chi connectivity index (χ4n) is 3.51. The lowest BCUT2D eigenvalue weighted by atomic mass is 10.0. The van der Waals surface area contributed by atoms with Crippen molar-refractivity contribution in [2.75, 3.05) is 13.1 Å². The minimum absolute atomic E-state index is 0.0662. The highest BCUT2D eigenvalue weighted by atomic mass is 19.1. The number of hydrogen-bond acceptors (Lipinski definition) is 5. The van der Waals surface area contributed by atoms with Crippen molar-refractivity contribution in [3.63, 3.8) is 0 Å². The topological polar surface area (TPSA) is 62.5 Å². The van der Waals surface area contributed by atoms with Crippen LogP contribution in [0.25, 0.3) is 0 Å². The molecule has 1 fully saturated rings. The van der Waals surface area contributed by atoms with E-state index < -0.39 is 0 Å². The minimum Gasteiger partial charge on any atom is -0.339 e. The third-order valence-corrected chi connectivity index (χ3v) is 5.19. The second-order valence-corrected chi connectivity index (χ2v) is 8.15. The molecule has 1 aliphatic heterocycles. The lowest BCUT2D eigenvalue weighted by Gasteiger charge is -2.34. The second kappa shape index (κ2) is 8.82. The summed E-state index contributed by atoms with van der Waals surface area (Å²) in [5.74, 6) is 1.65. The molecule has 3 rings (SSSR count). The fourth-order valence-corrected chi connectivity index (χ4v) is 3.51. The summed E-state index contributed by atoms with van der Waals surface area (Å²) in [6.45, 7) is 10.8. The molecule has 6 nitrogen and oxygen atoms in total. The Balaban J connectivity index is 1.74. The Morgan fingerprint density at radius 3 is 2.50 bits per heavy atom. The monoisotopic (exact) mass is 388 g/mol. The predicted molar refractivity (Wildman–Crippen MR) is 104 cm³/mol. The SMILES string of the molecule is CC(C)c1nc(CN2CCC(=O)N(Cc3ccc(F)cc3)C(C(C)C)C2)no1. The van der Waals surface area contributed by atoms with Crippen LogP contribution in [0.15, 0.2) is 28.8 Å². The van der Waals surface area contributed by atoms with Crippen molar-refractivity contribution in [1.29, 1.82) is 0 Å². The number of benzene rings is 1. The van der Waals surface area contributed by atoms with Crippen LogP contribution >= 0.6 is 0 Å². The van der Waals surface area contributed by atoms with Gasteiger partial charge in [0, 0.05) is 38.0 Å². The number of aromatic nitrogens is 2. The van der Waals surface area contributed by atoms with Crippen LogP contribution in [0.4, 0.5) is 4.39 Å². The van der Waals surface area contributed by atoms with E-state index in [9.17, 15) is 9.18 Å². The molecule has 0 saturated carbocycles. The zero-order chi connectivity index (χ0) is 20.3. The molecule has 28 heavy (non-hydrogen) atoms. The molecule has 0 aliphatic carbocycles. The Bertz CT molecular complexity index is 788. The zero-order valence-electron chi connectivity index (χ0n) is 17.1. The van der Waals surface area contributed by atoms with Crippen LogP contribution in [0.3, 0.4) is 0 Å². The summed E-state index contributed by atoms with van der Waals surface area (Å²) < 4.78 is 18.5. The first-order valence-corrected chi connectivity index (χ1v) is 9.92. The number of rotatable bonds is 6. The standard InChI is InChI=1S/C21H29FN4O2/c1-14(2)18-12-25(13-19-23-21(15(3)4)28-24-19)10-9-20(27)26(18)11-16-5-7-17(22)8-6-16/h5-8,14-15,18H,9-13H2,1-4H3. The third-order valence-electron chi connectivity index (χ3n) is 5.19. The first-order valence-electron chi connectivity index (χ1n) is 9.92. The highest BCUT2D eigenvalue weighted by molar-refractivity contribution is 5.77. The Morgan fingerprint density at radius 1 is 1.18 bits per heavy atom. The van der Waals surface area contributed by atoms with Crippen molar-refractivity contribution in [3.8, 4) is 0 Å². The van der Waals surface area contributed by atoms with E-state index in [1.807, 2.05) is 18.7 Å². The number of halogens is 1. The van der Waals surface area contributed by atoms with Crippen LogP contribution in [-0.2, 0) is 17.9 Å². The number of amides is 1. The van der Waals surface area contributed by atoms with Crippen LogP contribution in [0, 0.1) is 11.7 Å². The maximum atomic E-state index is 13.2. The van der Waals surface area contributed by atoms with Gasteiger partial charge in [-0.15, -0.1) is 0 Å². The highest BCUT2D eigenvalue weighted by Crippen LogP contribution is 2.22. The van der Waals surface area contributed by atoms with Gasteiger partial charge < -0.3 is 9.42 Å². The van der Waals surface area contributed by atoms with Gasteiger partial charge in [-0.05, 0) is 23.6 Å². The molecule has 1 unspecified atom stereocenters. The van der Waals surface area contributed by atoms with E-state index in [1.54, 1.807) is 12.1 Å². The second-order valence-electron chi connectivity index (χ2n) is 8.15. The maximum Gasteiger partial charge on any atom is 0.229 e. The Labute approximate surface area is 165 Å². The lowest BCUT2D eigenvalue weighted by molar-refractivity contribution is -0.134. The summed E-state index contributed by atoms with van der Waals surface area (Å²) in [5, 5.41) is 4.08. The number of carbonyl (C=O) groups excluding carboxylic acids is 1. The van der Waals surface area contributed by atoms with Gasteiger partial charge in [0.25, 0.3) is 0 Å². The maximum absolute atomic E-state index is 13.2. The molecule has 2 heterocycles. The van der Waals surface area contributed by atoms with E-state index >= 15 is 0 Å².